The molecule has 20 heavy (non-hydrogen) atoms. The first-order valence-electron chi connectivity index (χ1n) is 7.03. The van der Waals surface area contributed by atoms with E-state index in [1.165, 1.54) is 12.1 Å². The molecule has 1 heterocycles. The normalized spacial score (nSPS) is 12.9. The molecule has 3 N–H and O–H groups in total. The average molecular weight is 275 g/mol. The van der Waals surface area contributed by atoms with Crippen LogP contribution in [0.3, 0.4) is 0 Å². The van der Waals surface area contributed by atoms with Gasteiger partial charge < -0.3 is 10.7 Å². The molecule has 0 aliphatic rings. The highest BCUT2D eigenvalue weighted by Gasteiger charge is 2.18. The summed E-state index contributed by atoms with van der Waals surface area (Å²) in [5.41, 5.74) is 8.41. The van der Waals surface area contributed by atoms with Crippen molar-refractivity contribution in [2.75, 3.05) is 6.54 Å². The molecule has 0 saturated heterocycles. The maximum absolute atomic E-state index is 13.3. The van der Waals surface area contributed by atoms with Gasteiger partial charge in [0.1, 0.15) is 11.6 Å². The van der Waals surface area contributed by atoms with Gasteiger partial charge in [-0.15, -0.1) is 0 Å². The number of hydrogen-bond acceptors (Lipinski definition) is 2. The maximum Gasteiger partial charge on any atom is 0.123 e. The Morgan fingerprint density at radius 3 is 2.70 bits per heavy atom. The standard InChI is InChI=1S/C16H22FN3/c1-10(2)7-13(9-18)16-19-11(3)15(20-16)12-5-4-6-14(17)8-12/h4-6,8,10,13H,7,9,18H2,1-3H3,(H,19,20). The predicted octanol–water partition coefficient (Wildman–Crippen LogP) is 3.61. The number of nitrogens with zero attached hydrogens (tertiary/aromatic N) is 1. The second kappa shape index (κ2) is 6.18. The molecule has 0 amide bonds. The van der Waals surface area contributed by atoms with Crippen LogP contribution in [0.1, 0.15) is 37.7 Å². The van der Waals surface area contributed by atoms with E-state index in [-0.39, 0.29) is 11.7 Å². The second-order valence-corrected chi connectivity index (χ2v) is 5.67. The molecule has 0 aliphatic carbocycles. The van der Waals surface area contributed by atoms with Gasteiger partial charge in [-0.3, -0.25) is 0 Å². The molecule has 108 valence electrons. The molecule has 2 aromatic rings. The van der Waals surface area contributed by atoms with Crippen molar-refractivity contribution in [1.29, 1.82) is 0 Å². The van der Waals surface area contributed by atoms with E-state index in [9.17, 15) is 4.39 Å². The average Bonchev–Trinajstić information content (AvgIpc) is 2.77. The van der Waals surface area contributed by atoms with Crippen LogP contribution in [0.4, 0.5) is 4.39 Å². The highest BCUT2D eigenvalue weighted by molar-refractivity contribution is 5.61. The SMILES string of the molecule is Cc1[nH]c(C(CN)CC(C)C)nc1-c1cccc(F)c1. The smallest absolute Gasteiger partial charge is 0.123 e. The van der Waals surface area contributed by atoms with Gasteiger partial charge in [-0.25, -0.2) is 9.37 Å². The fourth-order valence-corrected chi connectivity index (χ4v) is 2.48. The fraction of sp³-hybridized carbons (Fsp3) is 0.438. The van der Waals surface area contributed by atoms with Crippen molar-refractivity contribution >= 4 is 0 Å². The topological polar surface area (TPSA) is 54.7 Å². The van der Waals surface area contributed by atoms with Gasteiger partial charge in [0.05, 0.1) is 5.69 Å². The Labute approximate surface area is 119 Å². The van der Waals surface area contributed by atoms with Crippen LogP contribution in [-0.4, -0.2) is 16.5 Å². The van der Waals surface area contributed by atoms with E-state index in [1.807, 2.05) is 13.0 Å². The lowest BCUT2D eigenvalue weighted by Crippen LogP contribution is -2.16. The minimum Gasteiger partial charge on any atom is -0.345 e. The van der Waals surface area contributed by atoms with Crippen LogP contribution >= 0.6 is 0 Å². The number of benzene rings is 1. The van der Waals surface area contributed by atoms with Crippen molar-refractivity contribution in [2.24, 2.45) is 11.7 Å². The summed E-state index contributed by atoms with van der Waals surface area (Å²) in [6.07, 6.45) is 0.992. The van der Waals surface area contributed by atoms with Crippen molar-refractivity contribution < 1.29 is 4.39 Å². The highest BCUT2D eigenvalue weighted by Crippen LogP contribution is 2.27. The van der Waals surface area contributed by atoms with Crippen molar-refractivity contribution in [3.63, 3.8) is 0 Å². The molecule has 0 saturated carbocycles. The van der Waals surface area contributed by atoms with E-state index in [2.05, 4.69) is 23.8 Å². The Balaban J connectivity index is 2.33. The van der Waals surface area contributed by atoms with Gasteiger partial charge in [-0.1, -0.05) is 26.0 Å². The van der Waals surface area contributed by atoms with E-state index in [1.54, 1.807) is 6.07 Å². The van der Waals surface area contributed by atoms with Crippen LogP contribution in [0.2, 0.25) is 0 Å². The second-order valence-electron chi connectivity index (χ2n) is 5.67. The number of aromatic amines is 1. The van der Waals surface area contributed by atoms with Crippen LogP contribution in [0.25, 0.3) is 11.3 Å². The highest BCUT2D eigenvalue weighted by atomic mass is 19.1. The molecule has 0 aliphatic heterocycles. The Bertz CT molecular complexity index is 575. The molecule has 0 radical (unpaired) electrons. The summed E-state index contributed by atoms with van der Waals surface area (Å²) in [6.45, 7) is 6.87. The molecular weight excluding hydrogens is 253 g/mol. The Morgan fingerprint density at radius 2 is 2.10 bits per heavy atom. The minimum atomic E-state index is -0.246. The first-order valence-corrected chi connectivity index (χ1v) is 7.03. The van der Waals surface area contributed by atoms with E-state index in [4.69, 9.17) is 5.73 Å². The van der Waals surface area contributed by atoms with Gasteiger partial charge in [0.25, 0.3) is 0 Å². The first-order chi connectivity index (χ1) is 9.51. The lowest BCUT2D eigenvalue weighted by molar-refractivity contribution is 0.490. The van der Waals surface area contributed by atoms with Gasteiger partial charge in [0, 0.05) is 23.7 Å². The number of rotatable bonds is 5. The Kier molecular flexibility index (Phi) is 4.55. The van der Waals surface area contributed by atoms with Crippen LogP contribution in [-0.2, 0) is 0 Å². The molecule has 0 spiro atoms. The van der Waals surface area contributed by atoms with E-state index in [0.717, 1.165) is 29.2 Å². The number of hydrogen-bond donors (Lipinski definition) is 2. The minimum absolute atomic E-state index is 0.219. The zero-order valence-corrected chi connectivity index (χ0v) is 12.3. The molecular formula is C16H22FN3. The van der Waals surface area contributed by atoms with Crippen molar-refractivity contribution in [3.8, 4) is 11.3 Å². The lowest BCUT2D eigenvalue weighted by atomic mass is 9.97. The van der Waals surface area contributed by atoms with E-state index >= 15 is 0 Å². The summed E-state index contributed by atoms with van der Waals surface area (Å²) in [5.74, 6) is 1.43. The van der Waals surface area contributed by atoms with Gasteiger partial charge in [-0.2, -0.15) is 0 Å². The molecule has 2 rings (SSSR count). The predicted molar refractivity (Wildman–Crippen MR) is 80.0 cm³/mol. The quantitative estimate of drug-likeness (QED) is 0.875. The molecule has 0 bridgehead atoms. The van der Waals surface area contributed by atoms with Crippen LogP contribution in [0.5, 0.6) is 0 Å². The third kappa shape index (κ3) is 3.25. The summed E-state index contributed by atoms with van der Waals surface area (Å²) in [5, 5.41) is 0. The van der Waals surface area contributed by atoms with Gasteiger partial charge in [-0.05, 0) is 31.4 Å². The number of imidazole rings is 1. The Hall–Kier alpha value is -1.68. The molecule has 4 heteroatoms. The molecule has 3 nitrogen and oxygen atoms in total. The Morgan fingerprint density at radius 1 is 1.35 bits per heavy atom. The number of nitrogens with two attached hydrogens (primary N) is 1. The summed E-state index contributed by atoms with van der Waals surface area (Å²) >= 11 is 0. The van der Waals surface area contributed by atoms with Crippen LogP contribution < -0.4 is 5.73 Å². The summed E-state index contributed by atoms with van der Waals surface area (Å²) < 4.78 is 13.3. The number of halogens is 1. The first kappa shape index (κ1) is 14.7. The van der Waals surface area contributed by atoms with Crippen molar-refractivity contribution in [1.82, 2.24) is 9.97 Å². The summed E-state index contributed by atoms with van der Waals surface area (Å²) in [7, 11) is 0. The lowest BCUT2D eigenvalue weighted by Gasteiger charge is -2.14. The van der Waals surface area contributed by atoms with E-state index in [0.29, 0.717) is 12.5 Å². The van der Waals surface area contributed by atoms with Crippen molar-refractivity contribution in [2.45, 2.75) is 33.1 Å². The van der Waals surface area contributed by atoms with Gasteiger partial charge >= 0.3 is 0 Å². The number of aryl methyl sites for hydroxylation is 1. The fourth-order valence-electron chi connectivity index (χ4n) is 2.48. The molecule has 0 fully saturated rings. The summed E-state index contributed by atoms with van der Waals surface area (Å²) in [4.78, 5) is 7.95. The zero-order valence-electron chi connectivity index (χ0n) is 12.3. The number of nitrogens with one attached hydrogen (secondary N) is 1. The molecule has 1 aromatic heterocycles. The van der Waals surface area contributed by atoms with Gasteiger partial charge in [0.2, 0.25) is 0 Å². The maximum atomic E-state index is 13.3. The van der Waals surface area contributed by atoms with Gasteiger partial charge in [0.15, 0.2) is 0 Å². The zero-order chi connectivity index (χ0) is 14.7. The van der Waals surface area contributed by atoms with E-state index < -0.39 is 0 Å². The largest absolute Gasteiger partial charge is 0.345 e. The molecule has 1 atom stereocenters. The molecule has 1 aromatic carbocycles. The van der Waals surface area contributed by atoms with Crippen molar-refractivity contribution in [3.05, 3.63) is 41.6 Å². The number of aromatic nitrogens is 2. The third-order valence-corrected chi connectivity index (χ3v) is 3.43. The monoisotopic (exact) mass is 275 g/mol. The summed E-state index contributed by atoms with van der Waals surface area (Å²) in [6, 6.07) is 6.52. The third-order valence-electron chi connectivity index (χ3n) is 3.43. The van der Waals surface area contributed by atoms with Crippen LogP contribution in [0, 0.1) is 18.7 Å². The number of H-pyrrole nitrogens is 1. The van der Waals surface area contributed by atoms with Crippen LogP contribution in [0.15, 0.2) is 24.3 Å². The molecule has 1 unspecified atom stereocenters.